The molecule has 0 aliphatic heterocycles. The Kier molecular flexibility index (Phi) is 8.15. The van der Waals surface area contributed by atoms with Gasteiger partial charge in [-0.05, 0) is 68.6 Å². The van der Waals surface area contributed by atoms with E-state index in [0.717, 1.165) is 72.0 Å². The van der Waals surface area contributed by atoms with Crippen molar-refractivity contribution in [1.82, 2.24) is 19.5 Å². The average molecular weight is 817 g/mol. The summed E-state index contributed by atoms with van der Waals surface area (Å²) >= 11 is 0. The van der Waals surface area contributed by atoms with Crippen LogP contribution in [-0.2, 0) is 0 Å². The lowest BCUT2D eigenvalue weighted by Gasteiger charge is -2.15. The molecule has 64 heavy (non-hydrogen) atoms. The molecule has 0 N–H and O–H groups in total. The summed E-state index contributed by atoms with van der Waals surface area (Å²) in [6, 6.07) is 76.9. The molecule has 0 spiro atoms. The predicted octanol–water partition coefficient (Wildman–Crippen LogP) is 15.5. The second kappa shape index (κ2) is 14.5. The highest BCUT2D eigenvalue weighted by atomic mass is 16.3. The van der Waals surface area contributed by atoms with Crippen LogP contribution in [0.1, 0.15) is 0 Å². The maximum Gasteiger partial charge on any atom is 0.164 e. The Hall–Kier alpha value is -8.67. The fourth-order valence-electron chi connectivity index (χ4n) is 9.61. The molecular weight excluding hydrogens is 781 g/mol. The third kappa shape index (κ3) is 5.83. The quantitative estimate of drug-likeness (QED) is 0.168. The Morgan fingerprint density at radius 3 is 1.66 bits per heavy atom. The van der Waals surface area contributed by atoms with Gasteiger partial charge in [0.05, 0.1) is 16.7 Å². The molecule has 0 radical (unpaired) electrons. The molecule has 298 valence electrons. The molecule has 5 heteroatoms. The van der Waals surface area contributed by atoms with Gasteiger partial charge in [0, 0.05) is 49.9 Å². The fourth-order valence-corrected chi connectivity index (χ4v) is 9.61. The van der Waals surface area contributed by atoms with Crippen LogP contribution in [0.3, 0.4) is 0 Å². The number of hydrogen-bond acceptors (Lipinski definition) is 4. The van der Waals surface area contributed by atoms with Gasteiger partial charge in [0.2, 0.25) is 0 Å². The molecule has 10 aromatic carbocycles. The van der Waals surface area contributed by atoms with E-state index in [4.69, 9.17) is 19.4 Å². The van der Waals surface area contributed by atoms with E-state index in [0.29, 0.717) is 17.5 Å². The van der Waals surface area contributed by atoms with Crippen molar-refractivity contribution in [3.05, 3.63) is 218 Å². The highest BCUT2D eigenvalue weighted by molar-refractivity contribution is 6.16. The number of hydrogen-bond donors (Lipinski definition) is 0. The Bertz CT molecular complexity index is 3940. The molecule has 13 aromatic rings. The maximum absolute atomic E-state index is 6.87. The molecule has 0 saturated heterocycles. The molecule has 0 unspecified atom stereocenters. The van der Waals surface area contributed by atoms with E-state index in [1.54, 1.807) is 0 Å². The zero-order chi connectivity index (χ0) is 42.1. The molecule has 13 rings (SSSR count). The lowest BCUT2D eigenvalue weighted by molar-refractivity contribution is 0.668. The maximum atomic E-state index is 6.87. The number of furan rings is 1. The van der Waals surface area contributed by atoms with Crippen LogP contribution in [0.25, 0.3) is 127 Å². The third-order valence-electron chi connectivity index (χ3n) is 12.6. The Morgan fingerprint density at radius 1 is 0.312 bits per heavy atom. The summed E-state index contributed by atoms with van der Waals surface area (Å²) in [6.45, 7) is 0. The molecule has 3 heterocycles. The van der Waals surface area contributed by atoms with Crippen LogP contribution in [0.4, 0.5) is 0 Å². The first kappa shape index (κ1) is 36.0. The number of rotatable bonds is 6. The van der Waals surface area contributed by atoms with Gasteiger partial charge in [0.1, 0.15) is 11.2 Å². The SMILES string of the molecule is c1ccc(-c2nc(-c3ccc(-c4cccc5ccccc45)cc3)nc(-c3cccc4oc5cc(-n6c7ccccc7c7cc8ccccc8cc76)c(-c6ccccc6)cc5c34)n2)cc1. The predicted molar refractivity (Wildman–Crippen MR) is 264 cm³/mol. The monoisotopic (exact) mass is 816 g/mol. The fraction of sp³-hybridized carbons (Fsp3) is 0. The minimum absolute atomic E-state index is 0.579. The van der Waals surface area contributed by atoms with Crippen molar-refractivity contribution in [1.29, 1.82) is 0 Å². The van der Waals surface area contributed by atoms with Crippen LogP contribution < -0.4 is 0 Å². The van der Waals surface area contributed by atoms with E-state index >= 15 is 0 Å². The molecule has 0 fully saturated rings. The minimum atomic E-state index is 0.579. The van der Waals surface area contributed by atoms with Gasteiger partial charge in [0.25, 0.3) is 0 Å². The zero-order valence-corrected chi connectivity index (χ0v) is 34.5. The van der Waals surface area contributed by atoms with Crippen molar-refractivity contribution >= 4 is 65.3 Å². The minimum Gasteiger partial charge on any atom is -0.456 e. The van der Waals surface area contributed by atoms with E-state index in [1.165, 1.54) is 37.9 Å². The number of aromatic nitrogens is 4. The van der Waals surface area contributed by atoms with Crippen LogP contribution in [0.15, 0.2) is 223 Å². The number of para-hydroxylation sites is 1. The van der Waals surface area contributed by atoms with E-state index in [2.05, 4.69) is 180 Å². The Morgan fingerprint density at radius 2 is 0.875 bits per heavy atom. The number of fused-ring (bicyclic) bond motifs is 8. The van der Waals surface area contributed by atoms with Crippen molar-refractivity contribution in [2.24, 2.45) is 0 Å². The Labute approximate surface area is 368 Å². The smallest absolute Gasteiger partial charge is 0.164 e. The summed E-state index contributed by atoms with van der Waals surface area (Å²) in [6.07, 6.45) is 0. The third-order valence-corrected chi connectivity index (χ3v) is 12.6. The largest absolute Gasteiger partial charge is 0.456 e. The lowest BCUT2D eigenvalue weighted by Crippen LogP contribution is -2.00. The van der Waals surface area contributed by atoms with Crippen molar-refractivity contribution in [3.63, 3.8) is 0 Å². The second-order valence-electron chi connectivity index (χ2n) is 16.4. The average Bonchev–Trinajstić information content (AvgIpc) is 3.90. The van der Waals surface area contributed by atoms with Crippen LogP contribution in [0.2, 0.25) is 0 Å². The molecule has 5 nitrogen and oxygen atoms in total. The molecule has 0 saturated carbocycles. The normalized spacial score (nSPS) is 11.8. The van der Waals surface area contributed by atoms with Gasteiger partial charge < -0.3 is 8.98 Å². The van der Waals surface area contributed by atoms with Gasteiger partial charge >= 0.3 is 0 Å². The first-order valence-corrected chi connectivity index (χ1v) is 21.6. The molecular formula is C59H36N4O. The van der Waals surface area contributed by atoms with Crippen LogP contribution >= 0.6 is 0 Å². The first-order chi connectivity index (χ1) is 31.7. The van der Waals surface area contributed by atoms with Crippen LogP contribution in [0, 0.1) is 0 Å². The topological polar surface area (TPSA) is 56.7 Å². The van der Waals surface area contributed by atoms with E-state index in [1.807, 2.05) is 42.5 Å². The van der Waals surface area contributed by atoms with Crippen molar-refractivity contribution in [2.45, 2.75) is 0 Å². The Balaban J connectivity index is 1.03. The molecule has 0 aliphatic carbocycles. The summed E-state index contributed by atoms with van der Waals surface area (Å²) in [4.78, 5) is 15.5. The number of nitrogens with zero attached hydrogens (tertiary/aromatic N) is 4. The van der Waals surface area contributed by atoms with E-state index in [9.17, 15) is 0 Å². The van der Waals surface area contributed by atoms with Gasteiger partial charge in [-0.15, -0.1) is 0 Å². The molecule has 0 atom stereocenters. The van der Waals surface area contributed by atoms with E-state index < -0.39 is 0 Å². The molecule has 0 bridgehead atoms. The van der Waals surface area contributed by atoms with Gasteiger partial charge in [-0.2, -0.15) is 0 Å². The summed E-state index contributed by atoms with van der Waals surface area (Å²) in [5, 5.41) is 9.21. The summed E-state index contributed by atoms with van der Waals surface area (Å²) in [5.41, 5.74) is 12.1. The van der Waals surface area contributed by atoms with Crippen molar-refractivity contribution in [2.75, 3.05) is 0 Å². The lowest BCUT2D eigenvalue weighted by atomic mass is 9.97. The van der Waals surface area contributed by atoms with Crippen LogP contribution in [0.5, 0.6) is 0 Å². The second-order valence-corrected chi connectivity index (χ2v) is 16.4. The molecule has 3 aromatic heterocycles. The number of benzene rings is 10. The summed E-state index contributed by atoms with van der Waals surface area (Å²) in [7, 11) is 0. The summed E-state index contributed by atoms with van der Waals surface area (Å²) < 4.78 is 9.28. The highest BCUT2D eigenvalue weighted by Gasteiger charge is 2.22. The van der Waals surface area contributed by atoms with Crippen molar-refractivity contribution in [3.8, 4) is 62.1 Å². The molecule has 0 aliphatic rings. The standard InChI is InChI=1S/C59H36N4O/c1-3-15-38(16-4-1)48-35-50-55(36-53(48)63-51-27-12-11-24-46(51)49-33-42-20-7-8-21-43(42)34-52(49)63)64-54-28-14-26-47(56(50)54)59-61-57(40-18-5-2-6-19-40)60-58(62-59)41-31-29-39(30-32-41)45-25-13-22-37-17-9-10-23-44(37)45/h1-36H. The van der Waals surface area contributed by atoms with Gasteiger partial charge in [-0.1, -0.05) is 182 Å². The highest BCUT2D eigenvalue weighted by Crippen LogP contribution is 2.44. The summed E-state index contributed by atoms with van der Waals surface area (Å²) in [5.74, 6) is 1.79. The first-order valence-electron chi connectivity index (χ1n) is 21.6. The van der Waals surface area contributed by atoms with Gasteiger partial charge in [-0.3, -0.25) is 0 Å². The van der Waals surface area contributed by atoms with Gasteiger partial charge in [0.15, 0.2) is 17.5 Å². The van der Waals surface area contributed by atoms with Crippen LogP contribution in [-0.4, -0.2) is 19.5 Å². The molecule has 0 amide bonds. The van der Waals surface area contributed by atoms with Crippen molar-refractivity contribution < 1.29 is 4.42 Å². The zero-order valence-electron chi connectivity index (χ0n) is 34.5. The van der Waals surface area contributed by atoms with Gasteiger partial charge in [-0.25, -0.2) is 15.0 Å². The van der Waals surface area contributed by atoms with E-state index in [-0.39, 0.29) is 0 Å².